The summed E-state index contributed by atoms with van der Waals surface area (Å²) in [5.74, 6) is 1.04. The van der Waals surface area contributed by atoms with Gasteiger partial charge in [0.05, 0.1) is 17.6 Å². The van der Waals surface area contributed by atoms with Crippen molar-refractivity contribution >= 4 is 9.84 Å². The van der Waals surface area contributed by atoms with Crippen molar-refractivity contribution < 1.29 is 13.2 Å². The lowest BCUT2D eigenvalue weighted by Crippen LogP contribution is -2.62. The van der Waals surface area contributed by atoms with Crippen LogP contribution in [0.5, 0.6) is 0 Å². The molecule has 1 N–H and O–H groups in total. The molecule has 0 aromatic heterocycles. The van der Waals surface area contributed by atoms with Crippen molar-refractivity contribution in [2.24, 2.45) is 11.3 Å². The molecule has 0 bridgehead atoms. The molecule has 0 radical (unpaired) electrons. The highest BCUT2D eigenvalue weighted by molar-refractivity contribution is 7.91. The van der Waals surface area contributed by atoms with Gasteiger partial charge in [0, 0.05) is 18.1 Å². The van der Waals surface area contributed by atoms with E-state index in [0.717, 1.165) is 32.4 Å². The van der Waals surface area contributed by atoms with E-state index in [9.17, 15) is 8.42 Å². The first-order chi connectivity index (χ1) is 8.91. The molecule has 4 unspecified atom stereocenters. The van der Waals surface area contributed by atoms with Crippen LogP contribution in [0.4, 0.5) is 0 Å². The summed E-state index contributed by atoms with van der Waals surface area (Å²) in [6, 6.07) is 0.470. The minimum absolute atomic E-state index is 0.202. The number of sulfone groups is 1. The fourth-order valence-electron chi connectivity index (χ4n) is 3.41. The Bertz CT molecular complexity index is 409. The van der Waals surface area contributed by atoms with Crippen molar-refractivity contribution in [2.45, 2.75) is 52.2 Å². The van der Waals surface area contributed by atoms with Crippen LogP contribution in [-0.4, -0.2) is 45.2 Å². The lowest BCUT2D eigenvalue weighted by molar-refractivity contribution is -0.126. The van der Waals surface area contributed by atoms with Crippen LogP contribution in [-0.2, 0) is 14.6 Å². The zero-order chi connectivity index (χ0) is 14.1. The molecule has 1 heterocycles. The number of nitrogens with one attached hydrogen (secondary N) is 1. The molecule has 2 fully saturated rings. The summed E-state index contributed by atoms with van der Waals surface area (Å²) in [5, 5.41) is 3.58. The zero-order valence-electron chi connectivity index (χ0n) is 12.3. The van der Waals surface area contributed by atoms with Gasteiger partial charge in [-0.25, -0.2) is 8.42 Å². The quantitative estimate of drug-likeness (QED) is 0.807. The SMILES string of the molecule is CCOC1CC(NCC2CCS(=O)(=O)C2)C1(C)CC. The van der Waals surface area contributed by atoms with Gasteiger partial charge in [0.25, 0.3) is 0 Å². The van der Waals surface area contributed by atoms with E-state index in [1.54, 1.807) is 0 Å². The van der Waals surface area contributed by atoms with Crippen LogP contribution in [0.15, 0.2) is 0 Å². The van der Waals surface area contributed by atoms with Gasteiger partial charge in [0.2, 0.25) is 0 Å². The van der Waals surface area contributed by atoms with E-state index in [2.05, 4.69) is 19.2 Å². The second-order valence-corrected chi connectivity index (χ2v) is 8.50. The van der Waals surface area contributed by atoms with Gasteiger partial charge in [-0.2, -0.15) is 0 Å². The lowest BCUT2D eigenvalue weighted by Gasteiger charge is -2.54. The van der Waals surface area contributed by atoms with Crippen molar-refractivity contribution in [3.05, 3.63) is 0 Å². The minimum Gasteiger partial charge on any atom is -0.378 e. The topological polar surface area (TPSA) is 55.4 Å². The van der Waals surface area contributed by atoms with Gasteiger partial charge in [-0.15, -0.1) is 0 Å². The van der Waals surface area contributed by atoms with Crippen molar-refractivity contribution in [3.63, 3.8) is 0 Å². The van der Waals surface area contributed by atoms with Gasteiger partial charge >= 0.3 is 0 Å². The second-order valence-electron chi connectivity index (χ2n) is 6.27. The molecule has 2 aliphatic rings. The molecule has 4 atom stereocenters. The molecule has 19 heavy (non-hydrogen) atoms. The highest BCUT2D eigenvalue weighted by Gasteiger charge is 2.50. The standard InChI is InChI=1S/C14H27NO3S/c1-4-14(3)12(8-13(14)18-5-2)15-9-11-6-7-19(16,17)10-11/h11-13,15H,4-10H2,1-3H3. The third kappa shape index (κ3) is 3.14. The molecule has 0 spiro atoms. The Kier molecular flexibility index (Phi) is 4.58. The van der Waals surface area contributed by atoms with E-state index in [1.807, 2.05) is 6.92 Å². The summed E-state index contributed by atoms with van der Waals surface area (Å²) in [6.07, 6.45) is 3.32. The maximum absolute atomic E-state index is 11.4. The van der Waals surface area contributed by atoms with Crippen LogP contribution in [0, 0.1) is 11.3 Å². The predicted octanol–water partition coefficient (Wildman–Crippen LogP) is 1.60. The van der Waals surface area contributed by atoms with Crippen LogP contribution in [0.1, 0.15) is 40.0 Å². The van der Waals surface area contributed by atoms with E-state index in [4.69, 9.17) is 4.74 Å². The molecule has 112 valence electrons. The summed E-state index contributed by atoms with van der Waals surface area (Å²) in [5.41, 5.74) is 0.202. The van der Waals surface area contributed by atoms with Gasteiger partial charge < -0.3 is 10.1 Å². The smallest absolute Gasteiger partial charge is 0.150 e. The average molecular weight is 289 g/mol. The van der Waals surface area contributed by atoms with E-state index >= 15 is 0 Å². The highest BCUT2D eigenvalue weighted by Crippen LogP contribution is 2.45. The predicted molar refractivity (Wildman–Crippen MR) is 77.0 cm³/mol. The first-order valence-electron chi connectivity index (χ1n) is 7.46. The second kappa shape index (κ2) is 5.70. The van der Waals surface area contributed by atoms with Gasteiger partial charge in [-0.05, 0) is 38.6 Å². The monoisotopic (exact) mass is 289 g/mol. The number of hydrogen-bond donors (Lipinski definition) is 1. The van der Waals surface area contributed by atoms with E-state index in [-0.39, 0.29) is 5.41 Å². The third-order valence-corrected chi connectivity index (χ3v) is 6.93. The summed E-state index contributed by atoms with van der Waals surface area (Å²) in [6.45, 7) is 8.13. The van der Waals surface area contributed by atoms with Crippen molar-refractivity contribution in [3.8, 4) is 0 Å². The molecule has 1 aliphatic heterocycles. The summed E-state index contributed by atoms with van der Waals surface area (Å²) < 4.78 is 28.7. The fraction of sp³-hybridized carbons (Fsp3) is 1.00. The lowest BCUT2D eigenvalue weighted by atomic mass is 9.61. The van der Waals surface area contributed by atoms with Crippen molar-refractivity contribution in [1.29, 1.82) is 0 Å². The largest absolute Gasteiger partial charge is 0.378 e. The Balaban J connectivity index is 1.81. The molecule has 0 amide bonds. The summed E-state index contributed by atoms with van der Waals surface area (Å²) >= 11 is 0. The molecular formula is C14H27NO3S. The van der Waals surface area contributed by atoms with E-state index in [1.165, 1.54) is 0 Å². The van der Waals surface area contributed by atoms with E-state index < -0.39 is 9.84 Å². The van der Waals surface area contributed by atoms with Gasteiger partial charge in [0.1, 0.15) is 0 Å². The fourth-order valence-corrected chi connectivity index (χ4v) is 5.27. The summed E-state index contributed by atoms with van der Waals surface area (Å²) in [7, 11) is -2.75. The molecular weight excluding hydrogens is 262 g/mol. The Labute approximate surface area is 117 Å². The normalized spacial score (nSPS) is 41.1. The Morgan fingerprint density at radius 2 is 2.11 bits per heavy atom. The molecule has 2 rings (SSSR count). The molecule has 0 aromatic rings. The van der Waals surface area contributed by atoms with E-state index in [0.29, 0.717) is 29.6 Å². The third-order valence-electron chi connectivity index (χ3n) is 5.09. The molecule has 1 saturated carbocycles. The number of hydrogen-bond acceptors (Lipinski definition) is 4. The molecule has 1 saturated heterocycles. The maximum atomic E-state index is 11.4. The molecule has 0 aromatic carbocycles. The Morgan fingerprint density at radius 3 is 2.63 bits per heavy atom. The minimum atomic E-state index is -2.75. The first kappa shape index (κ1) is 15.3. The van der Waals surface area contributed by atoms with Gasteiger partial charge in [-0.1, -0.05) is 13.8 Å². The summed E-state index contributed by atoms with van der Waals surface area (Å²) in [4.78, 5) is 0. The van der Waals surface area contributed by atoms with Gasteiger partial charge in [-0.3, -0.25) is 0 Å². The van der Waals surface area contributed by atoms with Crippen LogP contribution in [0.2, 0.25) is 0 Å². The number of ether oxygens (including phenoxy) is 1. The van der Waals surface area contributed by atoms with Crippen LogP contribution in [0.25, 0.3) is 0 Å². The maximum Gasteiger partial charge on any atom is 0.150 e. The van der Waals surface area contributed by atoms with Crippen molar-refractivity contribution in [2.75, 3.05) is 24.7 Å². The molecule has 1 aliphatic carbocycles. The van der Waals surface area contributed by atoms with Crippen LogP contribution < -0.4 is 5.32 Å². The average Bonchev–Trinajstić information content (AvgIpc) is 2.71. The van der Waals surface area contributed by atoms with Gasteiger partial charge in [0.15, 0.2) is 9.84 Å². The van der Waals surface area contributed by atoms with Crippen molar-refractivity contribution in [1.82, 2.24) is 5.32 Å². The first-order valence-corrected chi connectivity index (χ1v) is 9.29. The Hall–Kier alpha value is -0.130. The molecule has 4 nitrogen and oxygen atoms in total. The highest BCUT2D eigenvalue weighted by atomic mass is 32.2. The molecule has 5 heteroatoms. The zero-order valence-corrected chi connectivity index (χ0v) is 13.1. The Morgan fingerprint density at radius 1 is 1.37 bits per heavy atom. The number of rotatable bonds is 6. The van der Waals surface area contributed by atoms with Crippen LogP contribution in [0.3, 0.4) is 0 Å². The van der Waals surface area contributed by atoms with Crippen LogP contribution >= 0.6 is 0 Å².